The Hall–Kier alpha value is -1.65. The number of alkyl halides is 6. The van der Waals surface area contributed by atoms with Crippen LogP contribution in [0.1, 0.15) is 46.3 Å². The number of nitrogens with two attached hydrogens (primary N) is 1. The molecule has 2 rings (SSSR count). The number of hydrogen-bond donors (Lipinski definition) is 2. The van der Waals surface area contributed by atoms with Crippen LogP contribution in [0.3, 0.4) is 0 Å². The van der Waals surface area contributed by atoms with Gasteiger partial charge in [-0.25, -0.2) is 0 Å². The van der Waals surface area contributed by atoms with Gasteiger partial charge >= 0.3 is 12.4 Å². The maximum atomic E-state index is 13.7. The Bertz CT molecular complexity index is 1030. The molecule has 2 aromatic rings. The van der Waals surface area contributed by atoms with Crippen LogP contribution in [-0.4, -0.2) is 18.2 Å². The molecule has 1 unspecified atom stereocenters. The number of amides is 1. The lowest BCUT2D eigenvalue weighted by molar-refractivity contribution is -0.139. The van der Waals surface area contributed by atoms with Gasteiger partial charge in [-0.2, -0.15) is 26.3 Å². The van der Waals surface area contributed by atoms with Gasteiger partial charge in [-0.05, 0) is 41.8 Å². The van der Waals surface area contributed by atoms with E-state index in [4.69, 9.17) is 40.5 Å². The molecule has 3 N–H and O–H groups in total. The van der Waals surface area contributed by atoms with Gasteiger partial charge in [-0.1, -0.05) is 59.9 Å². The van der Waals surface area contributed by atoms with Crippen molar-refractivity contribution in [3.8, 4) is 0 Å². The second-order valence-corrected chi connectivity index (χ2v) is 8.16. The van der Waals surface area contributed by atoms with E-state index in [1.807, 2.05) is 0 Å². The Morgan fingerprint density at radius 2 is 1.62 bits per heavy atom. The monoisotopic (exact) mass is 568 g/mol. The van der Waals surface area contributed by atoms with Crippen molar-refractivity contribution in [3.63, 3.8) is 0 Å². The highest BCUT2D eigenvalue weighted by Crippen LogP contribution is 2.41. The van der Waals surface area contributed by atoms with Gasteiger partial charge in [-0.3, -0.25) is 4.79 Å². The summed E-state index contributed by atoms with van der Waals surface area (Å²) < 4.78 is 81.5. The molecule has 0 fully saturated rings. The average molecular weight is 570 g/mol. The van der Waals surface area contributed by atoms with Crippen molar-refractivity contribution in [2.45, 2.75) is 37.8 Å². The molecule has 34 heavy (non-hydrogen) atoms. The molecule has 0 aliphatic rings. The number of carbonyl (C=O) groups is 1. The van der Waals surface area contributed by atoms with E-state index in [9.17, 15) is 31.1 Å². The number of allylic oxidation sites excluding steroid dienone is 1. The summed E-state index contributed by atoms with van der Waals surface area (Å²) in [6.45, 7) is 1.63. The number of hydrogen-bond acceptors (Lipinski definition) is 2. The lowest BCUT2D eigenvalue weighted by Gasteiger charge is -2.19. The molecular weight excluding hydrogens is 552 g/mol. The quantitative estimate of drug-likeness (QED) is 0.211. The summed E-state index contributed by atoms with van der Waals surface area (Å²) in [7, 11) is 0. The van der Waals surface area contributed by atoms with E-state index in [1.54, 1.807) is 6.92 Å². The van der Waals surface area contributed by atoms with Crippen LogP contribution in [0.2, 0.25) is 15.1 Å². The third-order valence-electron chi connectivity index (χ3n) is 4.55. The number of rotatable bonds is 6. The molecule has 0 aliphatic carbocycles. The van der Waals surface area contributed by atoms with Crippen molar-refractivity contribution in [1.82, 2.24) is 5.32 Å². The minimum absolute atomic E-state index is 0. The molecular formula is C21H18Cl4F6N2O. The molecule has 188 valence electrons. The van der Waals surface area contributed by atoms with Crippen molar-refractivity contribution < 1.29 is 31.1 Å². The Morgan fingerprint density at radius 3 is 2.09 bits per heavy atom. The maximum absolute atomic E-state index is 13.7. The topological polar surface area (TPSA) is 55.1 Å². The van der Waals surface area contributed by atoms with Gasteiger partial charge in [0.25, 0.3) is 5.91 Å². The molecule has 0 aliphatic heterocycles. The Kier molecular flexibility index (Phi) is 10.6. The first-order valence-electron chi connectivity index (χ1n) is 9.32. The van der Waals surface area contributed by atoms with Crippen molar-refractivity contribution in [2.24, 2.45) is 5.73 Å². The van der Waals surface area contributed by atoms with E-state index >= 15 is 0 Å². The summed E-state index contributed by atoms with van der Waals surface area (Å²) in [5.41, 5.74) is 2.98. The summed E-state index contributed by atoms with van der Waals surface area (Å²) in [5.74, 6) is -3.28. The zero-order valence-corrected chi connectivity index (χ0v) is 20.3. The molecule has 2 aromatic carbocycles. The first-order chi connectivity index (χ1) is 15.1. The summed E-state index contributed by atoms with van der Waals surface area (Å²) in [6, 6.07) is 4.50. The van der Waals surface area contributed by atoms with Gasteiger partial charge in [-0.15, -0.1) is 12.4 Å². The fourth-order valence-electron chi connectivity index (χ4n) is 2.82. The number of carbonyl (C=O) groups excluding carboxylic acids is 1. The molecule has 0 saturated carbocycles. The SMILES string of the molecule is CC[C@H](N)NC(=O)c1ccc(C=CC(c2cc(Cl)c(Cl)c(Cl)c2)C(F)(F)F)cc1C(F)(F)F.Cl. The number of benzene rings is 2. The summed E-state index contributed by atoms with van der Waals surface area (Å²) in [6.07, 6.45) is -8.79. The standard InChI is InChI=1S/C21H17Cl3F6N2O.ClH/c1-2-17(31)32-19(33)12-5-3-10(7-14(12)21(28,29)30)4-6-13(20(25,26)27)11-8-15(22)18(24)16(23)9-11;/h3-9,13,17H,2,31H2,1H3,(H,32,33);1H/t13?,17-;/m1./s1. The van der Waals surface area contributed by atoms with Gasteiger partial charge in [0, 0.05) is 0 Å². The van der Waals surface area contributed by atoms with Gasteiger partial charge < -0.3 is 11.1 Å². The molecule has 3 nitrogen and oxygen atoms in total. The third kappa shape index (κ3) is 7.68. The smallest absolute Gasteiger partial charge is 0.337 e. The van der Waals surface area contributed by atoms with Crippen LogP contribution in [0.15, 0.2) is 36.4 Å². The van der Waals surface area contributed by atoms with E-state index < -0.39 is 41.5 Å². The van der Waals surface area contributed by atoms with E-state index in [-0.39, 0.29) is 45.0 Å². The van der Waals surface area contributed by atoms with Gasteiger partial charge in [0.05, 0.1) is 38.3 Å². The molecule has 1 amide bonds. The largest absolute Gasteiger partial charge is 0.417 e. The molecule has 0 bridgehead atoms. The average Bonchev–Trinajstić information content (AvgIpc) is 2.70. The summed E-state index contributed by atoms with van der Waals surface area (Å²) >= 11 is 17.4. The molecule has 0 spiro atoms. The Labute approximate surface area is 212 Å². The second kappa shape index (κ2) is 11.9. The maximum Gasteiger partial charge on any atom is 0.417 e. The van der Waals surface area contributed by atoms with Crippen molar-refractivity contribution >= 4 is 59.2 Å². The fraction of sp³-hybridized carbons (Fsp3) is 0.286. The zero-order valence-electron chi connectivity index (χ0n) is 17.2. The highest BCUT2D eigenvalue weighted by atomic mass is 35.5. The minimum Gasteiger partial charge on any atom is -0.337 e. The van der Waals surface area contributed by atoms with Crippen LogP contribution in [0.25, 0.3) is 6.08 Å². The highest BCUT2D eigenvalue weighted by Gasteiger charge is 2.40. The molecule has 0 saturated heterocycles. The number of nitrogens with one attached hydrogen (secondary N) is 1. The normalized spacial score (nSPS) is 14.0. The van der Waals surface area contributed by atoms with Crippen LogP contribution >= 0.6 is 47.2 Å². The van der Waals surface area contributed by atoms with E-state index in [0.717, 1.165) is 30.3 Å². The third-order valence-corrected chi connectivity index (χ3v) is 5.75. The molecule has 13 heteroatoms. The first-order valence-corrected chi connectivity index (χ1v) is 10.5. The van der Waals surface area contributed by atoms with Crippen LogP contribution in [0, 0.1) is 0 Å². The van der Waals surface area contributed by atoms with Crippen LogP contribution in [-0.2, 0) is 6.18 Å². The zero-order chi connectivity index (χ0) is 25.1. The van der Waals surface area contributed by atoms with Crippen molar-refractivity contribution in [3.05, 3.63) is 73.7 Å². The van der Waals surface area contributed by atoms with E-state index in [0.29, 0.717) is 12.1 Å². The lowest BCUT2D eigenvalue weighted by atomic mass is 9.96. The first kappa shape index (κ1) is 30.4. The van der Waals surface area contributed by atoms with E-state index in [2.05, 4.69) is 5.32 Å². The molecule has 0 radical (unpaired) electrons. The van der Waals surface area contributed by atoms with Gasteiger partial charge in [0.15, 0.2) is 0 Å². The summed E-state index contributed by atoms with van der Waals surface area (Å²) in [5, 5.41) is 1.68. The van der Waals surface area contributed by atoms with Crippen molar-refractivity contribution in [1.29, 1.82) is 0 Å². The van der Waals surface area contributed by atoms with Crippen LogP contribution in [0.5, 0.6) is 0 Å². The molecule has 0 aromatic heterocycles. The Morgan fingerprint density at radius 1 is 1.06 bits per heavy atom. The van der Waals surface area contributed by atoms with E-state index in [1.165, 1.54) is 0 Å². The summed E-state index contributed by atoms with van der Waals surface area (Å²) in [4.78, 5) is 12.2. The Balaban J connectivity index is 0.00000578. The van der Waals surface area contributed by atoms with Gasteiger partial charge in [0.1, 0.15) is 0 Å². The van der Waals surface area contributed by atoms with Gasteiger partial charge in [0.2, 0.25) is 0 Å². The van der Waals surface area contributed by atoms with Crippen LogP contribution < -0.4 is 11.1 Å². The predicted octanol–water partition coefficient (Wildman–Crippen LogP) is 7.87. The highest BCUT2D eigenvalue weighted by molar-refractivity contribution is 6.48. The van der Waals surface area contributed by atoms with Crippen LogP contribution in [0.4, 0.5) is 26.3 Å². The number of halogens is 10. The molecule has 0 heterocycles. The van der Waals surface area contributed by atoms with Crippen molar-refractivity contribution in [2.75, 3.05) is 0 Å². The predicted molar refractivity (Wildman–Crippen MR) is 124 cm³/mol. The second-order valence-electron chi connectivity index (χ2n) is 6.97. The fourth-order valence-corrected chi connectivity index (χ4v) is 3.43. The molecule has 2 atom stereocenters. The lowest BCUT2D eigenvalue weighted by Crippen LogP contribution is -2.41. The minimum atomic E-state index is -4.94.